The van der Waals surface area contributed by atoms with Gasteiger partial charge in [0.15, 0.2) is 0 Å². The zero-order valence-electron chi connectivity index (χ0n) is 17.3. The number of hydrogen-bond donors (Lipinski definition) is 1. The summed E-state index contributed by atoms with van der Waals surface area (Å²) in [5.74, 6) is 0.673. The van der Waals surface area contributed by atoms with E-state index in [1.165, 1.54) is 11.8 Å². The molecule has 6 nitrogen and oxygen atoms in total. The lowest BCUT2D eigenvalue weighted by atomic mass is 9.95. The molecule has 29 heavy (non-hydrogen) atoms. The molecule has 0 radical (unpaired) electrons. The Kier molecular flexibility index (Phi) is 6.47. The SMILES string of the molecule is CC1CN(CC2CCN(C(=O)CC3Sc4ccccc4NC3=O)CC2)CC(C)O1. The average Bonchev–Trinajstić information content (AvgIpc) is 2.68. The molecular weight excluding hydrogens is 386 g/mol. The molecule has 2 fully saturated rings. The van der Waals surface area contributed by atoms with Gasteiger partial charge in [-0.3, -0.25) is 14.5 Å². The van der Waals surface area contributed by atoms with Gasteiger partial charge in [0.2, 0.25) is 11.8 Å². The number of para-hydroxylation sites is 1. The summed E-state index contributed by atoms with van der Waals surface area (Å²) in [6.45, 7) is 8.97. The molecular formula is C22H31N3O3S. The Balaban J connectivity index is 1.25. The van der Waals surface area contributed by atoms with Crippen LogP contribution in [0.5, 0.6) is 0 Å². The number of rotatable bonds is 4. The number of benzene rings is 1. The fourth-order valence-electron chi connectivity index (χ4n) is 4.68. The standard InChI is InChI=1S/C22H31N3O3S/c1-15-12-24(13-16(2)28-15)14-17-7-9-25(10-8-17)21(26)11-20-22(27)23-18-5-3-4-6-19(18)29-20/h3-6,15-17,20H,7-14H2,1-2H3,(H,23,27). The van der Waals surface area contributed by atoms with E-state index in [1.807, 2.05) is 29.2 Å². The molecule has 3 atom stereocenters. The second kappa shape index (κ2) is 9.06. The number of anilines is 1. The Morgan fingerprint density at radius 3 is 2.59 bits per heavy atom. The lowest BCUT2D eigenvalue weighted by Crippen LogP contribution is -2.49. The number of morpholine rings is 1. The highest BCUT2D eigenvalue weighted by Gasteiger charge is 2.32. The van der Waals surface area contributed by atoms with Crippen molar-refractivity contribution in [1.29, 1.82) is 0 Å². The Bertz CT molecular complexity index is 741. The van der Waals surface area contributed by atoms with Gasteiger partial charge in [0.25, 0.3) is 0 Å². The average molecular weight is 418 g/mol. The largest absolute Gasteiger partial charge is 0.373 e. The molecule has 2 saturated heterocycles. The van der Waals surface area contributed by atoms with E-state index < -0.39 is 0 Å². The summed E-state index contributed by atoms with van der Waals surface area (Å²) in [4.78, 5) is 30.7. The maximum absolute atomic E-state index is 12.8. The number of hydrogen-bond acceptors (Lipinski definition) is 5. The monoisotopic (exact) mass is 417 g/mol. The molecule has 1 aromatic carbocycles. The van der Waals surface area contributed by atoms with Crippen LogP contribution in [0.4, 0.5) is 5.69 Å². The van der Waals surface area contributed by atoms with E-state index in [2.05, 4.69) is 24.1 Å². The third kappa shape index (κ3) is 5.13. The molecule has 0 aromatic heterocycles. The molecule has 3 aliphatic rings. The minimum Gasteiger partial charge on any atom is -0.373 e. The van der Waals surface area contributed by atoms with Crippen molar-refractivity contribution in [2.75, 3.05) is 38.0 Å². The zero-order chi connectivity index (χ0) is 20.4. The van der Waals surface area contributed by atoms with Crippen molar-refractivity contribution in [3.8, 4) is 0 Å². The second-order valence-electron chi connectivity index (χ2n) is 8.60. The van der Waals surface area contributed by atoms with Gasteiger partial charge in [0.1, 0.15) is 0 Å². The first-order chi connectivity index (χ1) is 14.0. The van der Waals surface area contributed by atoms with Gasteiger partial charge in [-0.05, 0) is 44.7 Å². The Hall–Kier alpha value is -1.57. The first-order valence-corrected chi connectivity index (χ1v) is 11.6. The molecule has 2 amide bonds. The third-order valence-corrected chi connectivity index (χ3v) is 7.32. The summed E-state index contributed by atoms with van der Waals surface area (Å²) in [6, 6.07) is 7.77. The zero-order valence-corrected chi connectivity index (χ0v) is 18.1. The molecule has 1 N–H and O–H groups in total. The smallest absolute Gasteiger partial charge is 0.238 e. The summed E-state index contributed by atoms with van der Waals surface area (Å²) in [7, 11) is 0. The first-order valence-electron chi connectivity index (χ1n) is 10.7. The van der Waals surface area contributed by atoms with Crippen molar-refractivity contribution in [2.24, 2.45) is 5.92 Å². The lowest BCUT2D eigenvalue weighted by molar-refractivity contribution is -0.134. The molecule has 3 aliphatic heterocycles. The van der Waals surface area contributed by atoms with Gasteiger partial charge in [-0.15, -0.1) is 11.8 Å². The quantitative estimate of drug-likeness (QED) is 0.816. The number of fused-ring (bicyclic) bond motifs is 1. The van der Waals surface area contributed by atoms with Gasteiger partial charge in [-0.1, -0.05) is 12.1 Å². The highest BCUT2D eigenvalue weighted by atomic mass is 32.2. The Labute approximate surface area is 177 Å². The fraction of sp³-hybridized carbons (Fsp3) is 0.636. The number of carbonyl (C=O) groups excluding carboxylic acids is 2. The van der Waals surface area contributed by atoms with Gasteiger partial charge in [0.05, 0.1) is 23.1 Å². The molecule has 7 heteroatoms. The number of nitrogens with one attached hydrogen (secondary N) is 1. The number of carbonyl (C=O) groups is 2. The van der Waals surface area contributed by atoms with Crippen LogP contribution < -0.4 is 5.32 Å². The summed E-state index contributed by atoms with van der Waals surface area (Å²) in [5.41, 5.74) is 0.846. The van der Waals surface area contributed by atoms with Gasteiger partial charge in [0, 0.05) is 44.0 Å². The van der Waals surface area contributed by atoms with Crippen LogP contribution in [-0.2, 0) is 14.3 Å². The van der Waals surface area contributed by atoms with Crippen LogP contribution in [-0.4, -0.2) is 71.8 Å². The number of thioether (sulfide) groups is 1. The molecule has 3 unspecified atom stereocenters. The maximum atomic E-state index is 12.8. The molecule has 0 saturated carbocycles. The van der Waals surface area contributed by atoms with Crippen molar-refractivity contribution in [3.05, 3.63) is 24.3 Å². The molecule has 1 aromatic rings. The van der Waals surface area contributed by atoms with Crippen molar-refractivity contribution in [2.45, 2.75) is 55.5 Å². The molecule has 0 aliphatic carbocycles. The van der Waals surface area contributed by atoms with Crippen LogP contribution in [0.1, 0.15) is 33.1 Å². The van der Waals surface area contributed by atoms with Crippen molar-refractivity contribution in [3.63, 3.8) is 0 Å². The maximum Gasteiger partial charge on any atom is 0.238 e. The number of likely N-dealkylation sites (tertiary alicyclic amines) is 1. The molecule has 4 rings (SSSR count). The minimum absolute atomic E-state index is 0.0625. The van der Waals surface area contributed by atoms with E-state index in [0.29, 0.717) is 18.1 Å². The van der Waals surface area contributed by atoms with Gasteiger partial charge < -0.3 is 15.0 Å². The van der Waals surface area contributed by atoms with E-state index in [9.17, 15) is 9.59 Å². The molecule has 3 heterocycles. The number of amides is 2. The number of nitrogens with zero attached hydrogens (tertiary/aromatic N) is 2. The number of piperidine rings is 1. The molecule has 158 valence electrons. The summed E-state index contributed by atoms with van der Waals surface area (Å²) in [5, 5.41) is 2.59. The molecule has 0 bridgehead atoms. The van der Waals surface area contributed by atoms with Crippen molar-refractivity contribution < 1.29 is 14.3 Å². The van der Waals surface area contributed by atoms with E-state index in [0.717, 1.165) is 56.1 Å². The summed E-state index contributed by atoms with van der Waals surface area (Å²) in [6.07, 6.45) is 2.94. The highest BCUT2D eigenvalue weighted by molar-refractivity contribution is 8.01. The van der Waals surface area contributed by atoms with Crippen LogP contribution in [0, 0.1) is 5.92 Å². The Morgan fingerprint density at radius 2 is 1.86 bits per heavy atom. The van der Waals surface area contributed by atoms with Crippen LogP contribution in [0.3, 0.4) is 0 Å². The third-order valence-electron chi connectivity index (χ3n) is 6.05. The fourth-order valence-corrected chi connectivity index (χ4v) is 5.78. The lowest BCUT2D eigenvalue weighted by Gasteiger charge is -2.39. The summed E-state index contributed by atoms with van der Waals surface area (Å²) < 4.78 is 5.83. The molecule has 0 spiro atoms. The second-order valence-corrected chi connectivity index (χ2v) is 9.84. The van der Waals surface area contributed by atoms with E-state index in [4.69, 9.17) is 4.74 Å². The Morgan fingerprint density at radius 1 is 1.17 bits per heavy atom. The minimum atomic E-state index is -0.341. The van der Waals surface area contributed by atoms with Crippen LogP contribution in [0.15, 0.2) is 29.2 Å². The normalized spacial score (nSPS) is 28.7. The van der Waals surface area contributed by atoms with Gasteiger partial charge in [-0.2, -0.15) is 0 Å². The van der Waals surface area contributed by atoms with E-state index in [1.54, 1.807) is 0 Å². The first kappa shape index (κ1) is 20.7. The van der Waals surface area contributed by atoms with Crippen molar-refractivity contribution >= 4 is 29.3 Å². The topological polar surface area (TPSA) is 61.9 Å². The highest BCUT2D eigenvalue weighted by Crippen LogP contribution is 2.37. The van der Waals surface area contributed by atoms with Crippen LogP contribution in [0.25, 0.3) is 0 Å². The van der Waals surface area contributed by atoms with Gasteiger partial charge in [-0.25, -0.2) is 0 Å². The summed E-state index contributed by atoms with van der Waals surface area (Å²) >= 11 is 1.50. The van der Waals surface area contributed by atoms with Crippen LogP contribution >= 0.6 is 11.8 Å². The predicted octanol–water partition coefficient (Wildman–Crippen LogP) is 2.84. The van der Waals surface area contributed by atoms with E-state index in [-0.39, 0.29) is 23.5 Å². The van der Waals surface area contributed by atoms with E-state index >= 15 is 0 Å². The predicted molar refractivity (Wildman–Crippen MR) is 115 cm³/mol. The number of ether oxygens (including phenoxy) is 1. The van der Waals surface area contributed by atoms with Gasteiger partial charge >= 0.3 is 0 Å². The van der Waals surface area contributed by atoms with Crippen molar-refractivity contribution in [1.82, 2.24) is 9.80 Å². The van der Waals surface area contributed by atoms with Crippen LogP contribution in [0.2, 0.25) is 0 Å².